The molecule has 1 unspecified atom stereocenters. The molecule has 0 saturated carbocycles. The van der Waals surface area contributed by atoms with Gasteiger partial charge in [-0.05, 0) is 37.6 Å². The van der Waals surface area contributed by atoms with Gasteiger partial charge in [0.15, 0.2) is 0 Å². The highest BCUT2D eigenvalue weighted by molar-refractivity contribution is 7.80. The summed E-state index contributed by atoms with van der Waals surface area (Å²) in [5, 5.41) is 3.44. The molecule has 0 aliphatic rings. The Labute approximate surface area is 76.4 Å². The van der Waals surface area contributed by atoms with Crippen molar-refractivity contribution in [1.82, 2.24) is 5.32 Å². The second-order valence-corrected chi connectivity index (χ2v) is 3.62. The van der Waals surface area contributed by atoms with Crippen LogP contribution in [0.15, 0.2) is 0 Å². The second-order valence-electron chi connectivity index (χ2n) is 3.18. The summed E-state index contributed by atoms with van der Waals surface area (Å²) in [7, 11) is 0. The first-order chi connectivity index (χ1) is 5.31. The van der Waals surface area contributed by atoms with E-state index in [0.29, 0.717) is 0 Å². The van der Waals surface area contributed by atoms with Crippen LogP contribution < -0.4 is 5.32 Å². The molecule has 1 atom stereocenters. The zero-order valence-electron chi connectivity index (χ0n) is 7.77. The Morgan fingerprint density at radius 3 is 2.73 bits per heavy atom. The van der Waals surface area contributed by atoms with Crippen molar-refractivity contribution in [2.45, 2.75) is 33.1 Å². The van der Waals surface area contributed by atoms with E-state index in [1.807, 2.05) is 0 Å². The Kier molecular flexibility index (Phi) is 8.64. The molecule has 2 heteroatoms. The van der Waals surface area contributed by atoms with Crippen molar-refractivity contribution in [2.24, 2.45) is 5.92 Å². The minimum absolute atomic E-state index is 0.782. The summed E-state index contributed by atoms with van der Waals surface area (Å²) >= 11 is 4.20. The fraction of sp³-hybridized carbons (Fsp3) is 1.00. The van der Waals surface area contributed by atoms with Crippen LogP contribution in [0.1, 0.15) is 33.1 Å². The van der Waals surface area contributed by atoms with E-state index in [1.165, 1.54) is 25.8 Å². The summed E-state index contributed by atoms with van der Waals surface area (Å²) in [6.07, 6.45) is 3.81. The molecule has 0 radical (unpaired) electrons. The van der Waals surface area contributed by atoms with Crippen molar-refractivity contribution in [3.63, 3.8) is 0 Å². The third-order valence-corrected chi connectivity index (χ3v) is 2.08. The third kappa shape index (κ3) is 8.21. The van der Waals surface area contributed by atoms with Crippen molar-refractivity contribution in [2.75, 3.05) is 18.8 Å². The lowest BCUT2D eigenvalue weighted by atomic mass is 10.1. The van der Waals surface area contributed by atoms with E-state index >= 15 is 0 Å². The Morgan fingerprint density at radius 1 is 1.45 bits per heavy atom. The van der Waals surface area contributed by atoms with Gasteiger partial charge in [0.25, 0.3) is 0 Å². The molecule has 0 aromatic carbocycles. The van der Waals surface area contributed by atoms with Gasteiger partial charge in [-0.3, -0.25) is 0 Å². The van der Waals surface area contributed by atoms with E-state index in [0.717, 1.165) is 18.2 Å². The van der Waals surface area contributed by atoms with Crippen LogP contribution in [0.5, 0.6) is 0 Å². The average molecular weight is 175 g/mol. The summed E-state index contributed by atoms with van der Waals surface area (Å²) in [4.78, 5) is 0. The molecule has 0 bridgehead atoms. The maximum atomic E-state index is 4.20. The quantitative estimate of drug-likeness (QED) is 0.447. The maximum absolute atomic E-state index is 4.20. The highest BCUT2D eigenvalue weighted by Crippen LogP contribution is 2.00. The molecule has 0 aliphatic carbocycles. The number of hydrogen-bond donors (Lipinski definition) is 2. The molecule has 0 spiro atoms. The van der Waals surface area contributed by atoms with Crippen LogP contribution in [0.3, 0.4) is 0 Å². The first kappa shape index (κ1) is 11.3. The molecular weight excluding hydrogens is 154 g/mol. The predicted octanol–water partition coefficient (Wildman–Crippen LogP) is 2.33. The monoisotopic (exact) mass is 175 g/mol. The van der Waals surface area contributed by atoms with Crippen molar-refractivity contribution in [3.8, 4) is 0 Å². The normalized spacial score (nSPS) is 13.4. The second kappa shape index (κ2) is 8.41. The van der Waals surface area contributed by atoms with Gasteiger partial charge in [0.2, 0.25) is 0 Å². The minimum Gasteiger partial charge on any atom is -0.316 e. The number of hydrogen-bond acceptors (Lipinski definition) is 2. The summed E-state index contributed by atoms with van der Waals surface area (Å²) < 4.78 is 0. The zero-order valence-corrected chi connectivity index (χ0v) is 8.66. The number of thiol groups is 1. The van der Waals surface area contributed by atoms with E-state index in [9.17, 15) is 0 Å². The van der Waals surface area contributed by atoms with Crippen molar-refractivity contribution >= 4 is 12.6 Å². The smallest absolute Gasteiger partial charge is 0.00229 e. The van der Waals surface area contributed by atoms with E-state index in [2.05, 4.69) is 31.8 Å². The lowest BCUT2D eigenvalue weighted by Crippen LogP contribution is -2.22. The number of unbranched alkanes of at least 4 members (excludes halogenated alkanes) is 1. The van der Waals surface area contributed by atoms with Gasteiger partial charge in [-0.25, -0.2) is 0 Å². The molecule has 1 N–H and O–H groups in total. The number of rotatable bonds is 7. The minimum atomic E-state index is 0.782. The van der Waals surface area contributed by atoms with E-state index in [1.54, 1.807) is 0 Å². The summed E-state index contributed by atoms with van der Waals surface area (Å²) in [6.45, 7) is 6.82. The topological polar surface area (TPSA) is 12.0 Å². The van der Waals surface area contributed by atoms with Crippen molar-refractivity contribution < 1.29 is 0 Å². The van der Waals surface area contributed by atoms with Gasteiger partial charge in [-0.1, -0.05) is 20.3 Å². The molecule has 0 aliphatic heterocycles. The third-order valence-electron chi connectivity index (χ3n) is 1.82. The van der Waals surface area contributed by atoms with Crippen LogP contribution in [-0.4, -0.2) is 18.8 Å². The molecule has 0 amide bonds. The molecule has 0 heterocycles. The predicted molar refractivity (Wildman–Crippen MR) is 55.4 cm³/mol. The molecule has 0 aromatic heterocycles. The Bertz CT molecular complexity index is 76.0. The highest BCUT2D eigenvalue weighted by atomic mass is 32.1. The summed E-state index contributed by atoms with van der Waals surface area (Å²) in [6, 6.07) is 0. The van der Waals surface area contributed by atoms with Crippen LogP contribution in [0.25, 0.3) is 0 Å². The fourth-order valence-electron chi connectivity index (χ4n) is 0.973. The van der Waals surface area contributed by atoms with Crippen LogP contribution in [0.2, 0.25) is 0 Å². The standard InChI is InChI=1S/C9H21NS/c1-3-4-6-10-8-9(2)5-7-11/h9-11H,3-8H2,1-2H3. The SMILES string of the molecule is CCCCNCC(C)CCS. The number of nitrogens with one attached hydrogen (secondary N) is 1. The summed E-state index contributed by atoms with van der Waals surface area (Å²) in [5.41, 5.74) is 0. The first-order valence-electron chi connectivity index (χ1n) is 4.62. The Balaban J connectivity index is 2.97. The average Bonchev–Trinajstić information content (AvgIpc) is 1.99. The van der Waals surface area contributed by atoms with Gasteiger partial charge in [0.1, 0.15) is 0 Å². The van der Waals surface area contributed by atoms with Crippen molar-refractivity contribution in [1.29, 1.82) is 0 Å². The molecule has 0 saturated heterocycles. The largest absolute Gasteiger partial charge is 0.316 e. The van der Waals surface area contributed by atoms with Gasteiger partial charge < -0.3 is 5.32 Å². The fourth-order valence-corrected chi connectivity index (χ4v) is 1.41. The molecular formula is C9H21NS. The van der Waals surface area contributed by atoms with E-state index in [4.69, 9.17) is 0 Å². The highest BCUT2D eigenvalue weighted by Gasteiger charge is 1.98. The summed E-state index contributed by atoms with van der Waals surface area (Å²) in [5.74, 6) is 1.79. The molecule has 0 rings (SSSR count). The van der Waals surface area contributed by atoms with Gasteiger partial charge in [0, 0.05) is 0 Å². The van der Waals surface area contributed by atoms with Gasteiger partial charge in [0.05, 0.1) is 0 Å². The maximum Gasteiger partial charge on any atom is -0.00229 e. The Morgan fingerprint density at radius 2 is 2.18 bits per heavy atom. The molecule has 0 aromatic rings. The lowest BCUT2D eigenvalue weighted by Gasteiger charge is -2.10. The lowest BCUT2D eigenvalue weighted by molar-refractivity contribution is 0.497. The van der Waals surface area contributed by atoms with Crippen LogP contribution in [0, 0.1) is 5.92 Å². The van der Waals surface area contributed by atoms with Gasteiger partial charge >= 0.3 is 0 Å². The van der Waals surface area contributed by atoms with Crippen LogP contribution in [0.4, 0.5) is 0 Å². The van der Waals surface area contributed by atoms with Crippen molar-refractivity contribution in [3.05, 3.63) is 0 Å². The molecule has 11 heavy (non-hydrogen) atoms. The zero-order chi connectivity index (χ0) is 8.53. The van der Waals surface area contributed by atoms with Gasteiger partial charge in [-0.2, -0.15) is 12.6 Å². The molecule has 0 fully saturated rings. The van der Waals surface area contributed by atoms with Crippen LogP contribution in [-0.2, 0) is 0 Å². The molecule has 1 nitrogen and oxygen atoms in total. The van der Waals surface area contributed by atoms with E-state index in [-0.39, 0.29) is 0 Å². The molecule has 68 valence electrons. The van der Waals surface area contributed by atoms with Crippen LogP contribution >= 0.6 is 12.6 Å². The van der Waals surface area contributed by atoms with Gasteiger partial charge in [-0.15, -0.1) is 0 Å². The van der Waals surface area contributed by atoms with E-state index < -0.39 is 0 Å². The first-order valence-corrected chi connectivity index (χ1v) is 5.26. The Hall–Kier alpha value is 0.310.